The highest BCUT2D eigenvalue weighted by atomic mass is 32.2. The number of primary sulfonamides is 1. The van der Waals surface area contributed by atoms with Crippen LogP contribution in [0.15, 0.2) is 18.2 Å². The topological polar surface area (TPSA) is 93.2 Å². The minimum atomic E-state index is -3.59. The van der Waals surface area contributed by atoms with Gasteiger partial charge in [-0.3, -0.25) is 0 Å². The van der Waals surface area contributed by atoms with Crippen molar-refractivity contribution < 1.29 is 17.5 Å². The van der Waals surface area contributed by atoms with E-state index in [1.807, 2.05) is 13.0 Å². The van der Waals surface area contributed by atoms with Gasteiger partial charge in [-0.2, -0.15) is 5.26 Å². The number of hydrogen-bond donors (Lipinski definition) is 1. The number of halogens is 1. The average Bonchev–Trinajstić information content (AvgIpc) is 2.35. The molecule has 0 spiro atoms. The maximum atomic E-state index is 13.6. The Morgan fingerprint density at radius 3 is 2.70 bits per heavy atom. The number of benzene rings is 1. The molecule has 1 unspecified atom stereocenters. The zero-order chi connectivity index (χ0) is 15.2. The molecular weight excluding hydrogens is 283 g/mol. The number of rotatable bonds is 7. The van der Waals surface area contributed by atoms with E-state index >= 15 is 0 Å². The van der Waals surface area contributed by atoms with Crippen LogP contribution in [0.1, 0.15) is 25.3 Å². The van der Waals surface area contributed by atoms with Gasteiger partial charge in [-0.1, -0.05) is 13.3 Å². The Labute approximate surface area is 118 Å². The van der Waals surface area contributed by atoms with E-state index in [1.54, 1.807) is 0 Å². The van der Waals surface area contributed by atoms with Crippen LogP contribution in [0.3, 0.4) is 0 Å². The molecule has 1 rings (SSSR count). The molecule has 110 valence electrons. The maximum Gasteiger partial charge on any atom is 0.209 e. The monoisotopic (exact) mass is 300 g/mol. The summed E-state index contributed by atoms with van der Waals surface area (Å²) in [6.07, 6.45) is 1.40. The van der Waals surface area contributed by atoms with Crippen molar-refractivity contribution in [1.82, 2.24) is 0 Å². The quantitative estimate of drug-likeness (QED) is 0.830. The van der Waals surface area contributed by atoms with E-state index in [1.165, 1.54) is 12.1 Å². The van der Waals surface area contributed by atoms with E-state index in [-0.39, 0.29) is 29.6 Å². The van der Waals surface area contributed by atoms with Crippen LogP contribution in [0, 0.1) is 23.1 Å². The first-order valence-electron chi connectivity index (χ1n) is 6.18. The molecule has 0 aliphatic carbocycles. The second-order valence-corrected chi connectivity index (χ2v) is 6.21. The van der Waals surface area contributed by atoms with E-state index in [2.05, 4.69) is 0 Å². The summed E-state index contributed by atoms with van der Waals surface area (Å²) in [5, 5.41) is 13.6. The van der Waals surface area contributed by atoms with Gasteiger partial charge < -0.3 is 4.74 Å². The van der Waals surface area contributed by atoms with Gasteiger partial charge in [0, 0.05) is 5.92 Å². The Morgan fingerprint density at radius 1 is 1.50 bits per heavy atom. The van der Waals surface area contributed by atoms with Crippen LogP contribution in [0.5, 0.6) is 5.75 Å². The van der Waals surface area contributed by atoms with Gasteiger partial charge >= 0.3 is 0 Å². The van der Waals surface area contributed by atoms with E-state index in [9.17, 15) is 12.8 Å². The average molecular weight is 300 g/mol. The minimum absolute atomic E-state index is 0.000442. The van der Waals surface area contributed by atoms with E-state index < -0.39 is 15.8 Å². The van der Waals surface area contributed by atoms with E-state index in [0.29, 0.717) is 6.42 Å². The molecule has 0 aromatic heterocycles. The highest BCUT2D eigenvalue weighted by Gasteiger charge is 2.17. The van der Waals surface area contributed by atoms with Crippen LogP contribution in [-0.4, -0.2) is 20.8 Å². The van der Waals surface area contributed by atoms with Crippen molar-refractivity contribution in [1.29, 1.82) is 5.26 Å². The standard InChI is InChI=1S/C13H17FN2O3S/c1-2-3-11(9-20(16,17)18)8-19-13-5-4-10(7-15)6-12(13)14/h4-6,11H,2-3,8-9H2,1H3,(H2,16,17,18). The fourth-order valence-corrected chi connectivity index (χ4v) is 2.77. The van der Waals surface area contributed by atoms with Crippen LogP contribution in [0.2, 0.25) is 0 Å². The number of nitrogens with two attached hydrogens (primary N) is 1. The van der Waals surface area contributed by atoms with E-state index in [4.69, 9.17) is 15.1 Å². The fraction of sp³-hybridized carbons (Fsp3) is 0.462. The molecule has 0 aliphatic rings. The van der Waals surface area contributed by atoms with Gasteiger partial charge in [0.1, 0.15) is 0 Å². The highest BCUT2D eigenvalue weighted by molar-refractivity contribution is 7.89. The third-order valence-electron chi connectivity index (χ3n) is 2.70. The second kappa shape index (κ2) is 7.22. The third-order valence-corrected chi connectivity index (χ3v) is 3.64. The molecule has 0 saturated carbocycles. The van der Waals surface area contributed by atoms with Crippen molar-refractivity contribution in [2.75, 3.05) is 12.4 Å². The summed E-state index contributed by atoms with van der Waals surface area (Å²) in [5.41, 5.74) is 0.199. The van der Waals surface area contributed by atoms with Crippen molar-refractivity contribution in [3.63, 3.8) is 0 Å². The zero-order valence-corrected chi connectivity index (χ0v) is 12.0. The Hall–Kier alpha value is -1.65. The summed E-state index contributed by atoms with van der Waals surface area (Å²) in [6, 6.07) is 5.69. The zero-order valence-electron chi connectivity index (χ0n) is 11.2. The lowest BCUT2D eigenvalue weighted by Gasteiger charge is -2.16. The lowest BCUT2D eigenvalue weighted by atomic mass is 10.1. The maximum absolute atomic E-state index is 13.6. The van der Waals surface area contributed by atoms with Gasteiger partial charge in [-0.15, -0.1) is 0 Å². The summed E-state index contributed by atoms with van der Waals surface area (Å²) in [4.78, 5) is 0. The van der Waals surface area contributed by atoms with Crippen molar-refractivity contribution in [3.8, 4) is 11.8 Å². The van der Waals surface area contributed by atoms with Crippen molar-refractivity contribution >= 4 is 10.0 Å². The number of nitriles is 1. The molecule has 7 heteroatoms. The Balaban J connectivity index is 2.70. The number of ether oxygens (including phenoxy) is 1. The molecule has 0 saturated heterocycles. The molecule has 5 nitrogen and oxygen atoms in total. The lowest BCUT2D eigenvalue weighted by Crippen LogP contribution is -2.27. The molecule has 2 N–H and O–H groups in total. The molecular formula is C13H17FN2O3S. The summed E-state index contributed by atoms with van der Waals surface area (Å²) >= 11 is 0. The van der Waals surface area contributed by atoms with Gasteiger partial charge in [0.15, 0.2) is 11.6 Å². The van der Waals surface area contributed by atoms with Crippen molar-refractivity contribution in [2.24, 2.45) is 11.1 Å². The SMILES string of the molecule is CCCC(COc1ccc(C#N)cc1F)CS(N)(=O)=O. The minimum Gasteiger partial charge on any atom is -0.490 e. The third kappa shape index (κ3) is 5.55. The molecule has 1 aromatic carbocycles. The fourth-order valence-electron chi connectivity index (χ4n) is 1.85. The number of hydrogen-bond acceptors (Lipinski definition) is 4. The molecule has 1 aromatic rings. The normalized spacial score (nSPS) is 12.7. The summed E-state index contributed by atoms with van der Waals surface area (Å²) in [6.45, 7) is 1.98. The molecule has 0 radical (unpaired) electrons. The molecule has 0 fully saturated rings. The highest BCUT2D eigenvalue weighted by Crippen LogP contribution is 2.20. The van der Waals surface area contributed by atoms with Gasteiger partial charge in [-0.25, -0.2) is 17.9 Å². The van der Waals surface area contributed by atoms with Gasteiger partial charge in [0.2, 0.25) is 10.0 Å². The van der Waals surface area contributed by atoms with Crippen LogP contribution in [0.4, 0.5) is 4.39 Å². The summed E-state index contributed by atoms with van der Waals surface area (Å²) < 4.78 is 41.1. The first kappa shape index (κ1) is 16.4. The predicted molar refractivity (Wildman–Crippen MR) is 73.0 cm³/mol. The molecule has 0 amide bonds. The van der Waals surface area contributed by atoms with Crippen LogP contribution < -0.4 is 9.88 Å². The van der Waals surface area contributed by atoms with Crippen LogP contribution >= 0.6 is 0 Å². The van der Waals surface area contributed by atoms with E-state index in [0.717, 1.165) is 12.5 Å². The molecule has 0 aliphatic heterocycles. The molecule has 0 heterocycles. The summed E-state index contributed by atoms with van der Waals surface area (Å²) in [5.74, 6) is -1.13. The van der Waals surface area contributed by atoms with Crippen LogP contribution in [0.25, 0.3) is 0 Å². The smallest absolute Gasteiger partial charge is 0.209 e. The van der Waals surface area contributed by atoms with Gasteiger partial charge in [-0.05, 0) is 24.6 Å². The van der Waals surface area contributed by atoms with Crippen LogP contribution in [-0.2, 0) is 10.0 Å². The number of nitrogens with zero attached hydrogens (tertiary/aromatic N) is 1. The first-order valence-corrected chi connectivity index (χ1v) is 7.90. The largest absolute Gasteiger partial charge is 0.490 e. The second-order valence-electron chi connectivity index (χ2n) is 4.55. The lowest BCUT2D eigenvalue weighted by molar-refractivity contribution is 0.242. The Bertz CT molecular complexity index is 596. The van der Waals surface area contributed by atoms with Crippen molar-refractivity contribution in [2.45, 2.75) is 19.8 Å². The van der Waals surface area contributed by atoms with Gasteiger partial charge in [0.25, 0.3) is 0 Å². The predicted octanol–water partition coefficient (Wildman–Crippen LogP) is 1.78. The number of sulfonamides is 1. The molecule has 20 heavy (non-hydrogen) atoms. The van der Waals surface area contributed by atoms with Crippen molar-refractivity contribution in [3.05, 3.63) is 29.6 Å². The van der Waals surface area contributed by atoms with Gasteiger partial charge in [0.05, 0.1) is 24.0 Å². The Kier molecular flexibility index (Phi) is 5.92. The molecule has 1 atom stereocenters. The Morgan fingerprint density at radius 2 is 2.20 bits per heavy atom. The molecule has 0 bridgehead atoms. The first-order chi connectivity index (χ1) is 9.35. The summed E-state index contributed by atoms with van der Waals surface area (Å²) in [7, 11) is -3.59.